The Morgan fingerprint density at radius 3 is 2.79 bits per heavy atom. The van der Waals surface area contributed by atoms with E-state index in [-0.39, 0.29) is 5.91 Å². The van der Waals surface area contributed by atoms with E-state index in [1.54, 1.807) is 12.5 Å². The Kier molecular flexibility index (Phi) is 4.28. The highest BCUT2D eigenvalue weighted by Gasteiger charge is 2.07. The molecule has 0 bridgehead atoms. The number of nitrogens with zero attached hydrogens (tertiary/aromatic N) is 2. The highest BCUT2D eigenvalue weighted by Crippen LogP contribution is 2.11. The molecule has 0 aliphatic carbocycles. The molecule has 0 unspecified atom stereocenters. The molecule has 0 radical (unpaired) electrons. The van der Waals surface area contributed by atoms with Gasteiger partial charge in [0.15, 0.2) is 0 Å². The van der Waals surface area contributed by atoms with E-state index in [1.807, 2.05) is 18.3 Å². The summed E-state index contributed by atoms with van der Waals surface area (Å²) < 4.78 is 0. The molecule has 0 saturated carbocycles. The van der Waals surface area contributed by atoms with Crippen molar-refractivity contribution in [2.45, 2.75) is 26.2 Å². The summed E-state index contributed by atoms with van der Waals surface area (Å²) in [6.45, 7) is 4.72. The van der Waals surface area contributed by atoms with Crippen LogP contribution in [-0.2, 0) is 6.42 Å². The Bertz CT molecular complexity index is 517. The average molecular weight is 258 g/mol. The smallest absolute Gasteiger partial charge is 0.252 e. The van der Waals surface area contributed by atoms with Gasteiger partial charge in [-0.1, -0.05) is 13.8 Å². The van der Waals surface area contributed by atoms with Gasteiger partial charge < -0.3 is 10.3 Å². The number of hydrogen-bond acceptors (Lipinski definition) is 3. The van der Waals surface area contributed by atoms with Crippen molar-refractivity contribution < 1.29 is 4.79 Å². The molecule has 5 nitrogen and oxygen atoms in total. The second kappa shape index (κ2) is 6.13. The molecule has 100 valence electrons. The van der Waals surface area contributed by atoms with Gasteiger partial charge in [0, 0.05) is 31.1 Å². The summed E-state index contributed by atoms with van der Waals surface area (Å²) in [5, 5.41) is 2.85. The van der Waals surface area contributed by atoms with Crippen LogP contribution in [0.2, 0.25) is 0 Å². The number of aromatic amines is 1. The van der Waals surface area contributed by atoms with Crippen molar-refractivity contribution >= 4 is 5.91 Å². The molecule has 0 aliphatic heterocycles. The third-order valence-corrected chi connectivity index (χ3v) is 2.86. The van der Waals surface area contributed by atoms with Crippen molar-refractivity contribution in [3.63, 3.8) is 0 Å². The minimum absolute atomic E-state index is 0.0988. The number of hydrogen-bond donors (Lipinski definition) is 2. The van der Waals surface area contributed by atoms with Gasteiger partial charge in [-0.2, -0.15) is 0 Å². The normalized spacial score (nSPS) is 10.7. The molecule has 5 heteroatoms. The first-order chi connectivity index (χ1) is 9.16. The molecule has 0 spiro atoms. The second-order valence-electron chi connectivity index (χ2n) is 4.69. The number of rotatable bonds is 5. The quantitative estimate of drug-likeness (QED) is 0.860. The third-order valence-electron chi connectivity index (χ3n) is 2.86. The number of aromatic nitrogens is 3. The van der Waals surface area contributed by atoms with Crippen LogP contribution in [0.4, 0.5) is 0 Å². The molecule has 0 aliphatic rings. The maximum Gasteiger partial charge on any atom is 0.252 e. The maximum atomic E-state index is 11.9. The van der Waals surface area contributed by atoms with E-state index in [1.165, 1.54) is 0 Å². The summed E-state index contributed by atoms with van der Waals surface area (Å²) in [6, 6.07) is 3.71. The highest BCUT2D eigenvalue weighted by atomic mass is 16.1. The van der Waals surface area contributed by atoms with Crippen LogP contribution in [0.25, 0.3) is 0 Å². The van der Waals surface area contributed by atoms with Crippen molar-refractivity contribution in [3.05, 3.63) is 47.8 Å². The number of carbonyl (C=O) groups is 1. The average Bonchev–Trinajstić information content (AvgIpc) is 2.92. The Morgan fingerprint density at radius 1 is 1.37 bits per heavy atom. The minimum Gasteiger partial charge on any atom is -0.352 e. The molecule has 0 atom stereocenters. The molecule has 2 aromatic heterocycles. The summed E-state index contributed by atoms with van der Waals surface area (Å²) in [7, 11) is 0. The van der Waals surface area contributed by atoms with Crippen LogP contribution in [0.3, 0.4) is 0 Å². The van der Waals surface area contributed by atoms with E-state index < -0.39 is 0 Å². The molecule has 1 amide bonds. The van der Waals surface area contributed by atoms with Gasteiger partial charge in [-0.15, -0.1) is 0 Å². The highest BCUT2D eigenvalue weighted by molar-refractivity contribution is 5.93. The topological polar surface area (TPSA) is 70.7 Å². The van der Waals surface area contributed by atoms with Crippen LogP contribution >= 0.6 is 0 Å². The molecular weight excluding hydrogens is 240 g/mol. The lowest BCUT2D eigenvalue weighted by Crippen LogP contribution is -2.25. The van der Waals surface area contributed by atoms with Gasteiger partial charge >= 0.3 is 0 Å². The monoisotopic (exact) mass is 258 g/mol. The Labute approximate surface area is 112 Å². The van der Waals surface area contributed by atoms with Crippen LogP contribution < -0.4 is 5.32 Å². The Hall–Kier alpha value is -2.17. The van der Waals surface area contributed by atoms with Crippen molar-refractivity contribution in [2.24, 2.45) is 0 Å². The standard InChI is InChI=1S/C14H18N4O/c1-10(2)13-4-3-11(7-17-13)14(19)16-6-5-12-8-15-9-18-12/h3-4,7-10H,5-6H2,1-2H3,(H,15,18)(H,16,19). The fourth-order valence-electron chi connectivity index (χ4n) is 1.71. The number of amides is 1. The summed E-state index contributed by atoms with van der Waals surface area (Å²) in [5.41, 5.74) is 2.52. The first-order valence-electron chi connectivity index (χ1n) is 6.38. The number of nitrogens with one attached hydrogen (secondary N) is 2. The number of imidazole rings is 1. The lowest BCUT2D eigenvalue weighted by atomic mass is 10.1. The second-order valence-corrected chi connectivity index (χ2v) is 4.69. The van der Waals surface area contributed by atoms with Crippen molar-refractivity contribution in [3.8, 4) is 0 Å². The Balaban J connectivity index is 1.85. The largest absolute Gasteiger partial charge is 0.352 e. The van der Waals surface area contributed by atoms with Crippen molar-refractivity contribution in [2.75, 3.05) is 6.54 Å². The van der Waals surface area contributed by atoms with Crippen LogP contribution in [0, 0.1) is 0 Å². The molecule has 19 heavy (non-hydrogen) atoms. The third kappa shape index (κ3) is 3.64. The number of carbonyl (C=O) groups excluding carboxylic acids is 1. The van der Waals surface area contributed by atoms with E-state index in [0.717, 1.165) is 11.4 Å². The summed E-state index contributed by atoms with van der Waals surface area (Å²) >= 11 is 0. The zero-order chi connectivity index (χ0) is 13.7. The van der Waals surface area contributed by atoms with Crippen molar-refractivity contribution in [1.82, 2.24) is 20.3 Å². The Morgan fingerprint density at radius 2 is 2.21 bits per heavy atom. The first-order valence-corrected chi connectivity index (χ1v) is 6.38. The summed E-state index contributed by atoms with van der Waals surface area (Å²) in [5.74, 6) is 0.273. The molecular formula is C14H18N4O. The van der Waals surface area contributed by atoms with E-state index in [9.17, 15) is 4.79 Å². The van der Waals surface area contributed by atoms with Gasteiger partial charge in [-0.05, 0) is 18.1 Å². The predicted octanol–water partition coefficient (Wildman–Crippen LogP) is 1.90. The zero-order valence-corrected chi connectivity index (χ0v) is 11.2. The fraction of sp³-hybridized carbons (Fsp3) is 0.357. The fourth-order valence-corrected chi connectivity index (χ4v) is 1.71. The van der Waals surface area contributed by atoms with Crippen LogP contribution in [0.1, 0.15) is 41.5 Å². The predicted molar refractivity (Wildman–Crippen MR) is 73.0 cm³/mol. The maximum absolute atomic E-state index is 11.9. The van der Waals surface area contributed by atoms with Crippen molar-refractivity contribution in [1.29, 1.82) is 0 Å². The summed E-state index contributed by atoms with van der Waals surface area (Å²) in [4.78, 5) is 23.1. The van der Waals surface area contributed by atoms with E-state index in [2.05, 4.69) is 34.1 Å². The molecule has 0 fully saturated rings. The van der Waals surface area contributed by atoms with Gasteiger partial charge in [-0.3, -0.25) is 9.78 Å². The van der Waals surface area contributed by atoms with Crippen LogP contribution in [0.15, 0.2) is 30.9 Å². The van der Waals surface area contributed by atoms with Gasteiger partial charge in [0.1, 0.15) is 0 Å². The molecule has 2 rings (SSSR count). The number of H-pyrrole nitrogens is 1. The van der Waals surface area contributed by atoms with E-state index in [4.69, 9.17) is 0 Å². The van der Waals surface area contributed by atoms with Crippen LogP contribution in [-0.4, -0.2) is 27.4 Å². The van der Waals surface area contributed by atoms with Gasteiger partial charge in [-0.25, -0.2) is 4.98 Å². The minimum atomic E-state index is -0.0988. The van der Waals surface area contributed by atoms with Crippen LogP contribution in [0.5, 0.6) is 0 Å². The molecule has 2 N–H and O–H groups in total. The molecule has 2 aromatic rings. The molecule has 2 heterocycles. The van der Waals surface area contributed by atoms with Gasteiger partial charge in [0.2, 0.25) is 0 Å². The first kappa shape index (κ1) is 13.3. The summed E-state index contributed by atoms with van der Waals surface area (Å²) in [6.07, 6.45) is 5.79. The van der Waals surface area contributed by atoms with Gasteiger partial charge in [0.25, 0.3) is 5.91 Å². The van der Waals surface area contributed by atoms with E-state index in [0.29, 0.717) is 24.4 Å². The van der Waals surface area contributed by atoms with Gasteiger partial charge in [0.05, 0.1) is 17.6 Å². The lowest BCUT2D eigenvalue weighted by molar-refractivity contribution is 0.0953. The molecule has 0 aromatic carbocycles. The SMILES string of the molecule is CC(C)c1ccc(C(=O)NCCc2c[nH]cn2)cn1. The zero-order valence-electron chi connectivity index (χ0n) is 11.2. The van der Waals surface area contributed by atoms with E-state index >= 15 is 0 Å². The number of pyridine rings is 1. The molecule has 0 saturated heterocycles. The lowest BCUT2D eigenvalue weighted by Gasteiger charge is -2.06.